The molecule has 0 bridgehead atoms. The van der Waals surface area contributed by atoms with Gasteiger partial charge in [-0.05, 0) is 18.6 Å². The zero-order valence-corrected chi connectivity index (χ0v) is 10.0. The lowest BCUT2D eigenvalue weighted by Crippen LogP contribution is -2.21. The number of para-hydroxylation sites is 2. The molecule has 0 atom stereocenters. The zero-order valence-electron chi connectivity index (χ0n) is 10.0. The summed E-state index contributed by atoms with van der Waals surface area (Å²) in [4.78, 5) is 15.9. The Hall–Kier alpha value is -2.30. The van der Waals surface area contributed by atoms with E-state index in [-0.39, 0.29) is 22.9 Å². The molecule has 0 aliphatic carbocycles. The smallest absolute Gasteiger partial charge is 0.313 e. The van der Waals surface area contributed by atoms with Gasteiger partial charge in [-0.1, -0.05) is 19.1 Å². The molecule has 2 rings (SSSR count). The molecule has 0 aliphatic heterocycles. The Morgan fingerprint density at radius 1 is 1.39 bits per heavy atom. The topological polar surface area (TPSA) is 64.3 Å². The molecule has 0 unspecified atom stereocenters. The minimum absolute atomic E-state index is 0.0235. The monoisotopic (exact) mass is 246 g/mol. The third-order valence-corrected chi connectivity index (χ3v) is 2.42. The first-order chi connectivity index (χ1) is 8.72. The van der Waals surface area contributed by atoms with Crippen LogP contribution in [-0.4, -0.2) is 14.7 Å². The van der Waals surface area contributed by atoms with Gasteiger partial charge in [0.05, 0.1) is 0 Å². The Labute approximate surface area is 104 Å². The van der Waals surface area contributed by atoms with Crippen LogP contribution in [0.15, 0.2) is 41.5 Å². The lowest BCUT2D eigenvalue weighted by atomic mass is 10.3. The van der Waals surface area contributed by atoms with Crippen LogP contribution in [0.2, 0.25) is 0 Å². The molecule has 0 radical (unpaired) electrons. The largest absolute Gasteiger partial charge is 0.504 e. The van der Waals surface area contributed by atoms with Crippen molar-refractivity contribution in [2.75, 3.05) is 0 Å². The first-order valence-corrected chi connectivity index (χ1v) is 5.73. The molecule has 0 aliphatic rings. The fraction of sp³-hybridized carbons (Fsp3) is 0.231. The Balaban J connectivity index is 2.33. The summed E-state index contributed by atoms with van der Waals surface area (Å²) < 4.78 is 6.86. The number of benzene rings is 1. The van der Waals surface area contributed by atoms with Crippen molar-refractivity contribution in [1.82, 2.24) is 9.55 Å². The number of phenolic OH excluding ortho intramolecular Hbond substituents is 1. The number of hydrogen-bond donors (Lipinski definition) is 1. The molecule has 0 spiro atoms. The predicted molar refractivity (Wildman–Crippen MR) is 67.0 cm³/mol. The highest BCUT2D eigenvalue weighted by Gasteiger charge is 2.09. The maximum atomic E-state index is 12.0. The second-order valence-electron chi connectivity index (χ2n) is 3.80. The average Bonchev–Trinajstić information content (AvgIpc) is 2.37. The molecule has 2 aromatic rings. The summed E-state index contributed by atoms with van der Waals surface area (Å²) in [7, 11) is 0. The van der Waals surface area contributed by atoms with Crippen LogP contribution in [0.3, 0.4) is 0 Å². The number of phenols is 1. The summed E-state index contributed by atoms with van der Waals surface area (Å²) in [6.45, 7) is 2.59. The molecule has 0 saturated heterocycles. The van der Waals surface area contributed by atoms with Crippen LogP contribution in [-0.2, 0) is 6.54 Å². The van der Waals surface area contributed by atoms with Crippen LogP contribution in [0.4, 0.5) is 0 Å². The Kier molecular flexibility index (Phi) is 3.62. The average molecular weight is 246 g/mol. The van der Waals surface area contributed by atoms with E-state index in [2.05, 4.69) is 4.98 Å². The molecule has 1 aromatic carbocycles. The number of rotatable bonds is 4. The normalized spacial score (nSPS) is 10.3. The van der Waals surface area contributed by atoms with Gasteiger partial charge in [0.25, 0.3) is 5.88 Å². The molecular weight excluding hydrogens is 232 g/mol. The number of nitrogens with zero attached hydrogens (tertiary/aromatic N) is 2. The van der Waals surface area contributed by atoms with E-state index >= 15 is 0 Å². The Morgan fingerprint density at radius 2 is 2.17 bits per heavy atom. The Bertz CT molecular complexity index is 593. The van der Waals surface area contributed by atoms with Crippen molar-refractivity contribution >= 4 is 0 Å². The van der Waals surface area contributed by atoms with Gasteiger partial charge in [-0.25, -0.2) is 4.98 Å². The fourth-order valence-corrected chi connectivity index (χ4v) is 1.56. The van der Waals surface area contributed by atoms with Gasteiger partial charge in [0.15, 0.2) is 11.5 Å². The van der Waals surface area contributed by atoms with Gasteiger partial charge in [0.1, 0.15) is 0 Å². The molecule has 0 amide bonds. The van der Waals surface area contributed by atoms with Crippen molar-refractivity contribution in [3.05, 3.63) is 47.0 Å². The maximum absolute atomic E-state index is 12.0. The van der Waals surface area contributed by atoms with Crippen LogP contribution in [0.5, 0.6) is 17.4 Å². The number of aromatic nitrogens is 2. The van der Waals surface area contributed by atoms with Crippen LogP contribution in [0.1, 0.15) is 13.3 Å². The van der Waals surface area contributed by atoms with Crippen molar-refractivity contribution in [2.45, 2.75) is 19.9 Å². The highest BCUT2D eigenvalue weighted by molar-refractivity contribution is 5.39. The van der Waals surface area contributed by atoms with Crippen molar-refractivity contribution in [1.29, 1.82) is 0 Å². The van der Waals surface area contributed by atoms with Gasteiger partial charge in [0, 0.05) is 18.9 Å². The van der Waals surface area contributed by atoms with E-state index in [0.29, 0.717) is 6.54 Å². The molecule has 5 nitrogen and oxygen atoms in total. The summed E-state index contributed by atoms with van der Waals surface area (Å²) in [6.07, 6.45) is 3.97. The van der Waals surface area contributed by atoms with Gasteiger partial charge in [-0.15, -0.1) is 0 Å². The summed E-state index contributed by atoms with van der Waals surface area (Å²) in [6, 6.07) is 6.45. The lowest BCUT2D eigenvalue weighted by Gasteiger charge is -2.08. The van der Waals surface area contributed by atoms with Crippen molar-refractivity contribution < 1.29 is 9.84 Å². The second kappa shape index (κ2) is 5.35. The van der Waals surface area contributed by atoms with Crippen molar-refractivity contribution in [3.63, 3.8) is 0 Å². The van der Waals surface area contributed by atoms with E-state index in [4.69, 9.17) is 4.74 Å². The summed E-state index contributed by atoms with van der Waals surface area (Å²) in [5.74, 6) is 0.161. The molecular formula is C13H14N2O3. The van der Waals surface area contributed by atoms with Crippen LogP contribution < -0.4 is 10.3 Å². The molecule has 1 heterocycles. The van der Waals surface area contributed by atoms with E-state index in [1.165, 1.54) is 16.8 Å². The van der Waals surface area contributed by atoms with Gasteiger partial charge >= 0.3 is 5.56 Å². The summed E-state index contributed by atoms with van der Waals surface area (Å²) in [5.41, 5.74) is -0.303. The zero-order chi connectivity index (χ0) is 13.0. The van der Waals surface area contributed by atoms with Gasteiger partial charge < -0.3 is 14.4 Å². The van der Waals surface area contributed by atoms with E-state index < -0.39 is 0 Å². The molecule has 0 fully saturated rings. The van der Waals surface area contributed by atoms with Crippen molar-refractivity contribution in [3.8, 4) is 17.4 Å². The predicted octanol–water partition coefficient (Wildman–Crippen LogP) is 2.15. The van der Waals surface area contributed by atoms with E-state index in [1.807, 2.05) is 6.92 Å². The minimum Gasteiger partial charge on any atom is -0.504 e. The first kappa shape index (κ1) is 12.2. The number of ether oxygens (including phenoxy) is 1. The quantitative estimate of drug-likeness (QED) is 0.897. The SMILES string of the molecule is CCCn1ccnc(Oc2ccccc2O)c1=O. The maximum Gasteiger partial charge on any atom is 0.313 e. The summed E-state index contributed by atoms with van der Waals surface area (Å²) in [5, 5.41) is 9.57. The molecule has 18 heavy (non-hydrogen) atoms. The number of aromatic hydroxyl groups is 1. The van der Waals surface area contributed by atoms with Gasteiger partial charge in [-0.3, -0.25) is 4.79 Å². The third kappa shape index (κ3) is 2.51. The lowest BCUT2D eigenvalue weighted by molar-refractivity contribution is 0.394. The highest BCUT2D eigenvalue weighted by Crippen LogP contribution is 2.27. The van der Waals surface area contributed by atoms with Crippen LogP contribution in [0.25, 0.3) is 0 Å². The molecule has 5 heteroatoms. The van der Waals surface area contributed by atoms with Gasteiger partial charge in [-0.2, -0.15) is 0 Å². The number of hydrogen-bond acceptors (Lipinski definition) is 4. The summed E-state index contributed by atoms with van der Waals surface area (Å²) >= 11 is 0. The highest BCUT2D eigenvalue weighted by atomic mass is 16.5. The minimum atomic E-state index is -0.303. The van der Waals surface area contributed by atoms with E-state index in [9.17, 15) is 9.90 Å². The molecule has 1 N–H and O–H groups in total. The second-order valence-corrected chi connectivity index (χ2v) is 3.80. The third-order valence-electron chi connectivity index (χ3n) is 2.42. The van der Waals surface area contributed by atoms with Crippen molar-refractivity contribution in [2.24, 2.45) is 0 Å². The standard InChI is InChI=1S/C13H14N2O3/c1-2-8-15-9-7-14-12(13(15)17)18-11-6-4-3-5-10(11)16/h3-7,9,16H,2,8H2,1H3. The van der Waals surface area contributed by atoms with Crippen LogP contribution >= 0.6 is 0 Å². The fourth-order valence-electron chi connectivity index (χ4n) is 1.56. The Morgan fingerprint density at radius 3 is 2.89 bits per heavy atom. The van der Waals surface area contributed by atoms with Crippen LogP contribution in [0, 0.1) is 0 Å². The first-order valence-electron chi connectivity index (χ1n) is 5.73. The van der Waals surface area contributed by atoms with E-state index in [0.717, 1.165) is 6.42 Å². The number of aryl methyl sites for hydroxylation is 1. The van der Waals surface area contributed by atoms with Gasteiger partial charge in [0.2, 0.25) is 0 Å². The van der Waals surface area contributed by atoms with E-state index in [1.54, 1.807) is 24.4 Å². The molecule has 1 aromatic heterocycles. The molecule has 0 saturated carbocycles. The molecule has 94 valence electrons.